The molecule has 1 saturated heterocycles. The van der Waals surface area contributed by atoms with Crippen LogP contribution in [0, 0.1) is 10.1 Å². The van der Waals surface area contributed by atoms with Crippen molar-refractivity contribution in [2.75, 3.05) is 39.8 Å². The minimum absolute atomic E-state index is 0.0283. The number of nitro benzene ring substituents is 1. The molecule has 1 aliphatic rings. The van der Waals surface area contributed by atoms with E-state index in [0.717, 1.165) is 50.4 Å². The lowest BCUT2D eigenvalue weighted by atomic mass is 10.1. The van der Waals surface area contributed by atoms with Gasteiger partial charge in [-0.2, -0.15) is 0 Å². The van der Waals surface area contributed by atoms with Crippen LogP contribution in [0.1, 0.15) is 38.8 Å². The van der Waals surface area contributed by atoms with Gasteiger partial charge in [0, 0.05) is 57.0 Å². The summed E-state index contributed by atoms with van der Waals surface area (Å²) in [5.74, 6) is -1.21. The number of carbonyl (C=O) groups excluding carboxylic acids is 2. The molecule has 2 aromatic rings. The highest BCUT2D eigenvalue weighted by Crippen LogP contribution is 2.18. The van der Waals surface area contributed by atoms with Gasteiger partial charge < -0.3 is 15.0 Å². The van der Waals surface area contributed by atoms with E-state index in [-0.39, 0.29) is 30.0 Å². The highest BCUT2D eigenvalue weighted by atomic mass is 16.6. The maximum absolute atomic E-state index is 12.6. The summed E-state index contributed by atoms with van der Waals surface area (Å²) in [5.41, 5.74) is 1.79. The zero-order valence-corrected chi connectivity index (χ0v) is 18.4. The predicted octanol–water partition coefficient (Wildman–Crippen LogP) is 2.45. The van der Waals surface area contributed by atoms with Crippen LogP contribution in [-0.2, 0) is 17.8 Å². The zero-order valence-electron chi connectivity index (χ0n) is 18.4. The van der Waals surface area contributed by atoms with E-state index in [0.29, 0.717) is 0 Å². The average molecular weight is 441 g/mol. The number of benzene rings is 2. The maximum atomic E-state index is 12.6. The minimum atomic E-state index is -0.707. The van der Waals surface area contributed by atoms with Crippen LogP contribution in [0.3, 0.4) is 0 Å². The Kier molecular flexibility index (Phi) is 7.91. The molecule has 0 spiro atoms. The molecule has 1 fully saturated rings. The summed E-state index contributed by atoms with van der Waals surface area (Å²) >= 11 is 0. The van der Waals surface area contributed by atoms with Crippen molar-refractivity contribution in [3.63, 3.8) is 0 Å². The van der Waals surface area contributed by atoms with Crippen molar-refractivity contribution in [3.8, 4) is 0 Å². The van der Waals surface area contributed by atoms with Gasteiger partial charge in [0.2, 0.25) is 0 Å². The predicted molar refractivity (Wildman–Crippen MR) is 119 cm³/mol. The monoisotopic (exact) mass is 440 g/mol. The maximum Gasteiger partial charge on any atom is 0.338 e. The molecule has 0 aliphatic carbocycles. The van der Waals surface area contributed by atoms with Gasteiger partial charge in [-0.15, -0.1) is 0 Å². The van der Waals surface area contributed by atoms with E-state index >= 15 is 0 Å². The first-order chi connectivity index (χ1) is 15.4. The Morgan fingerprint density at radius 1 is 1.03 bits per heavy atom. The number of amides is 1. The molecule has 170 valence electrons. The second-order valence-corrected chi connectivity index (χ2v) is 7.82. The molecule has 0 atom stereocenters. The van der Waals surface area contributed by atoms with Crippen LogP contribution < -0.4 is 5.32 Å². The van der Waals surface area contributed by atoms with Crippen LogP contribution in [0.25, 0.3) is 0 Å². The first kappa shape index (κ1) is 23.4. The van der Waals surface area contributed by atoms with Crippen LogP contribution in [-0.4, -0.2) is 66.4 Å². The van der Waals surface area contributed by atoms with Gasteiger partial charge in [-0.05, 0) is 31.2 Å². The quantitative estimate of drug-likeness (QED) is 0.382. The van der Waals surface area contributed by atoms with E-state index in [2.05, 4.69) is 22.2 Å². The Hall–Kier alpha value is -3.30. The second kappa shape index (κ2) is 10.8. The molecule has 2 aromatic carbocycles. The van der Waals surface area contributed by atoms with Gasteiger partial charge in [0.15, 0.2) is 0 Å². The third kappa shape index (κ3) is 6.35. The third-order valence-electron chi connectivity index (χ3n) is 5.38. The molecule has 0 radical (unpaired) electrons. The fraction of sp³-hybridized carbons (Fsp3) is 0.391. The van der Waals surface area contributed by atoms with E-state index < -0.39 is 16.8 Å². The SMILES string of the molecule is CCOC(=O)c1cc(C(=O)NCc2ccc(CN3CCN(C)CC3)cc2)cc([N+](=O)[O-])c1. The number of hydrogen-bond acceptors (Lipinski definition) is 7. The lowest BCUT2D eigenvalue weighted by Gasteiger charge is -2.32. The van der Waals surface area contributed by atoms with Crippen molar-refractivity contribution in [1.29, 1.82) is 0 Å². The lowest BCUT2D eigenvalue weighted by Crippen LogP contribution is -2.43. The molecule has 1 N–H and O–H groups in total. The smallest absolute Gasteiger partial charge is 0.338 e. The van der Waals surface area contributed by atoms with E-state index in [1.807, 2.05) is 24.3 Å². The minimum Gasteiger partial charge on any atom is -0.462 e. The van der Waals surface area contributed by atoms with Gasteiger partial charge in [0.05, 0.1) is 17.1 Å². The Balaban J connectivity index is 1.61. The van der Waals surface area contributed by atoms with Crippen LogP contribution in [0.2, 0.25) is 0 Å². The molecule has 1 aliphatic heterocycles. The molecule has 0 unspecified atom stereocenters. The third-order valence-corrected chi connectivity index (χ3v) is 5.38. The number of esters is 1. The van der Waals surface area contributed by atoms with Gasteiger partial charge in [0.25, 0.3) is 11.6 Å². The highest BCUT2D eigenvalue weighted by Gasteiger charge is 2.19. The van der Waals surface area contributed by atoms with Gasteiger partial charge in [-0.1, -0.05) is 24.3 Å². The number of ether oxygens (including phenoxy) is 1. The van der Waals surface area contributed by atoms with Gasteiger partial charge in [-0.3, -0.25) is 19.8 Å². The number of likely N-dealkylation sites (N-methyl/N-ethyl adjacent to an activating group) is 1. The number of non-ortho nitro benzene ring substituents is 1. The molecule has 0 saturated carbocycles. The second-order valence-electron chi connectivity index (χ2n) is 7.82. The standard InChI is InChI=1S/C23H28N4O5/c1-3-32-23(29)20-12-19(13-21(14-20)27(30)31)22(28)24-15-17-4-6-18(7-5-17)16-26-10-8-25(2)9-11-26/h4-7,12-14H,3,8-11,15-16H2,1-2H3,(H,24,28). The fourth-order valence-corrected chi connectivity index (χ4v) is 3.49. The number of nitrogens with zero attached hydrogens (tertiary/aromatic N) is 3. The zero-order chi connectivity index (χ0) is 23.1. The Labute approximate surface area is 187 Å². The fourth-order valence-electron chi connectivity index (χ4n) is 3.49. The molecular formula is C23H28N4O5. The molecule has 3 rings (SSSR count). The average Bonchev–Trinajstić information content (AvgIpc) is 2.79. The van der Waals surface area contributed by atoms with Crippen LogP contribution in [0.4, 0.5) is 5.69 Å². The van der Waals surface area contributed by atoms with Crippen molar-refractivity contribution in [2.45, 2.75) is 20.0 Å². The molecule has 9 heteroatoms. The summed E-state index contributed by atoms with van der Waals surface area (Å²) in [4.78, 5) is 39.9. The summed E-state index contributed by atoms with van der Waals surface area (Å²) in [6.45, 7) is 7.17. The topological polar surface area (TPSA) is 105 Å². The number of piperazine rings is 1. The van der Waals surface area contributed by atoms with Crippen molar-refractivity contribution in [2.24, 2.45) is 0 Å². The summed E-state index contributed by atoms with van der Waals surface area (Å²) in [5, 5.41) is 14.0. The van der Waals surface area contributed by atoms with Gasteiger partial charge >= 0.3 is 5.97 Å². The summed E-state index contributed by atoms with van der Waals surface area (Å²) < 4.78 is 4.90. The number of nitro groups is 1. The lowest BCUT2D eigenvalue weighted by molar-refractivity contribution is -0.384. The first-order valence-corrected chi connectivity index (χ1v) is 10.6. The number of rotatable bonds is 8. The van der Waals surface area contributed by atoms with Gasteiger partial charge in [-0.25, -0.2) is 4.79 Å². The van der Waals surface area contributed by atoms with Gasteiger partial charge in [0.1, 0.15) is 0 Å². The van der Waals surface area contributed by atoms with E-state index in [1.165, 1.54) is 11.6 Å². The molecule has 0 bridgehead atoms. The molecular weight excluding hydrogens is 412 g/mol. The summed E-state index contributed by atoms with van der Waals surface area (Å²) in [6.07, 6.45) is 0. The molecule has 32 heavy (non-hydrogen) atoms. The molecule has 0 aromatic heterocycles. The summed E-state index contributed by atoms with van der Waals surface area (Å²) in [7, 11) is 2.13. The van der Waals surface area contributed by atoms with Crippen molar-refractivity contribution in [3.05, 3.63) is 74.8 Å². The number of carbonyl (C=O) groups is 2. The van der Waals surface area contributed by atoms with Crippen molar-refractivity contribution < 1.29 is 19.2 Å². The van der Waals surface area contributed by atoms with Crippen molar-refractivity contribution >= 4 is 17.6 Å². The van der Waals surface area contributed by atoms with E-state index in [4.69, 9.17) is 4.74 Å². The summed E-state index contributed by atoms with van der Waals surface area (Å²) in [6, 6.07) is 11.6. The Morgan fingerprint density at radius 2 is 1.66 bits per heavy atom. The van der Waals surface area contributed by atoms with Crippen LogP contribution in [0.15, 0.2) is 42.5 Å². The van der Waals surface area contributed by atoms with Crippen LogP contribution >= 0.6 is 0 Å². The van der Waals surface area contributed by atoms with Crippen molar-refractivity contribution in [1.82, 2.24) is 15.1 Å². The first-order valence-electron chi connectivity index (χ1n) is 10.6. The Bertz CT molecular complexity index is 969. The normalized spacial score (nSPS) is 14.7. The Morgan fingerprint density at radius 3 is 2.28 bits per heavy atom. The molecule has 1 amide bonds. The highest BCUT2D eigenvalue weighted by molar-refractivity contribution is 5.99. The van der Waals surface area contributed by atoms with E-state index in [1.54, 1.807) is 6.92 Å². The molecule has 1 heterocycles. The van der Waals surface area contributed by atoms with E-state index in [9.17, 15) is 19.7 Å². The molecule has 9 nitrogen and oxygen atoms in total. The van der Waals surface area contributed by atoms with Crippen LogP contribution in [0.5, 0.6) is 0 Å². The number of hydrogen-bond donors (Lipinski definition) is 1. The largest absolute Gasteiger partial charge is 0.462 e. The number of nitrogens with one attached hydrogen (secondary N) is 1.